The van der Waals surface area contributed by atoms with Crippen molar-refractivity contribution >= 4 is 22.8 Å². The zero-order chi connectivity index (χ0) is 18.1. The van der Waals surface area contributed by atoms with Crippen LogP contribution >= 0.6 is 0 Å². The second-order valence-electron chi connectivity index (χ2n) is 6.58. The van der Waals surface area contributed by atoms with Crippen molar-refractivity contribution in [3.63, 3.8) is 0 Å². The Morgan fingerprint density at radius 3 is 2.85 bits per heavy atom. The molecule has 1 atom stereocenters. The minimum atomic E-state index is -0.0320. The molecule has 1 unspecified atom stereocenters. The van der Waals surface area contributed by atoms with Crippen LogP contribution in [0.5, 0.6) is 0 Å². The Labute approximate surface area is 151 Å². The van der Waals surface area contributed by atoms with E-state index >= 15 is 0 Å². The molecule has 1 aliphatic heterocycles. The van der Waals surface area contributed by atoms with Gasteiger partial charge in [0.2, 0.25) is 5.91 Å². The number of rotatable bonds is 4. The average molecular weight is 350 g/mol. The third-order valence-corrected chi connectivity index (χ3v) is 4.96. The predicted octanol–water partition coefficient (Wildman–Crippen LogP) is 2.33. The fraction of sp³-hybridized carbons (Fsp3) is 0.368. The minimum absolute atomic E-state index is 0.0320. The van der Waals surface area contributed by atoms with Gasteiger partial charge in [0.25, 0.3) is 0 Å². The van der Waals surface area contributed by atoms with E-state index in [9.17, 15) is 4.79 Å². The zero-order valence-corrected chi connectivity index (χ0v) is 14.8. The summed E-state index contributed by atoms with van der Waals surface area (Å²) in [5.74, 6) is 1.41. The summed E-state index contributed by atoms with van der Waals surface area (Å²) in [6.07, 6.45) is 2.65. The van der Waals surface area contributed by atoms with E-state index in [0.29, 0.717) is 12.4 Å². The SMILES string of the molecule is CCc1nc2ccccc2n1CC(=O)N1CCCC1c1ccc(N)nn1. The first kappa shape index (κ1) is 16.5. The number of fused-ring (bicyclic) bond motifs is 1. The molecule has 3 heterocycles. The van der Waals surface area contributed by atoms with Crippen molar-refractivity contribution < 1.29 is 4.79 Å². The number of amides is 1. The van der Waals surface area contributed by atoms with Gasteiger partial charge in [0.15, 0.2) is 0 Å². The van der Waals surface area contributed by atoms with Crippen molar-refractivity contribution in [3.05, 3.63) is 47.9 Å². The van der Waals surface area contributed by atoms with Crippen LogP contribution < -0.4 is 5.73 Å². The minimum Gasteiger partial charge on any atom is -0.382 e. The van der Waals surface area contributed by atoms with Gasteiger partial charge < -0.3 is 15.2 Å². The van der Waals surface area contributed by atoms with Crippen LogP contribution in [0, 0.1) is 0 Å². The Morgan fingerprint density at radius 1 is 1.23 bits per heavy atom. The summed E-state index contributed by atoms with van der Waals surface area (Å²) in [6, 6.07) is 11.5. The van der Waals surface area contributed by atoms with Crippen molar-refractivity contribution in [2.75, 3.05) is 12.3 Å². The molecule has 134 valence electrons. The summed E-state index contributed by atoms with van der Waals surface area (Å²) >= 11 is 0. The van der Waals surface area contributed by atoms with Crippen LogP contribution in [0.25, 0.3) is 11.0 Å². The first-order valence-electron chi connectivity index (χ1n) is 9.00. The van der Waals surface area contributed by atoms with Crippen molar-refractivity contribution in [2.24, 2.45) is 0 Å². The van der Waals surface area contributed by atoms with Gasteiger partial charge in [-0.1, -0.05) is 19.1 Å². The van der Waals surface area contributed by atoms with E-state index in [-0.39, 0.29) is 11.9 Å². The normalized spacial score (nSPS) is 17.1. The first-order chi connectivity index (χ1) is 12.7. The molecule has 2 aromatic heterocycles. The molecular formula is C19H22N6O. The quantitative estimate of drug-likeness (QED) is 0.780. The third-order valence-electron chi connectivity index (χ3n) is 4.96. The smallest absolute Gasteiger partial charge is 0.243 e. The van der Waals surface area contributed by atoms with Gasteiger partial charge in [0.05, 0.1) is 22.8 Å². The van der Waals surface area contributed by atoms with E-state index < -0.39 is 0 Å². The zero-order valence-electron chi connectivity index (χ0n) is 14.8. The molecular weight excluding hydrogens is 328 g/mol. The number of likely N-dealkylation sites (tertiary alicyclic amines) is 1. The molecule has 26 heavy (non-hydrogen) atoms. The van der Waals surface area contributed by atoms with E-state index in [1.54, 1.807) is 6.07 Å². The van der Waals surface area contributed by atoms with Crippen LogP contribution in [-0.4, -0.2) is 37.1 Å². The molecule has 7 nitrogen and oxygen atoms in total. The largest absolute Gasteiger partial charge is 0.382 e. The van der Waals surface area contributed by atoms with Crippen molar-refractivity contribution in [2.45, 2.75) is 38.8 Å². The van der Waals surface area contributed by atoms with Gasteiger partial charge in [-0.25, -0.2) is 4.98 Å². The summed E-state index contributed by atoms with van der Waals surface area (Å²) in [7, 11) is 0. The summed E-state index contributed by atoms with van der Waals surface area (Å²) in [5.41, 5.74) is 8.36. The number of nitrogens with zero attached hydrogens (tertiary/aromatic N) is 5. The second kappa shape index (κ2) is 6.74. The Hall–Kier alpha value is -2.96. The lowest BCUT2D eigenvalue weighted by Gasteiger charge is -2.24. The lowest BCUT2D eigenvalue weighted by Crippen LogP contribution is -2.34. The summed E-state index contributed by atoms with van der Waals surface area (Å²) < 4.78 is 2.03. The van der Waals surface area contributed by atoms with Gasteiger partial charge in [-0.2, -0.15) is 5.10 Å². The second-order valence-corrected chi connectivity index (χ2v) is 6.58. The molecule has 7 heteroatoms. The number of nitrogens with two attached hydrogens (primary N) is 1. The molecule has 3 aromatic rings. The first-order valence-corrected chi connectivity index (χ1v) is 9.00. The van der Waals surface area contributed by atoms with Crippen LogP contribution in [0.3, 0.4) is 0 Å². The number of nitrogen functional groups attached to an aromatic ring is 1. The summed E-state index contributed by atoms with van der Waals surface area (Å²) in [6.45, 7) is 3.09. The molecule has 0 spiro atoms. The number of aryl methyl sites for hydroxylation is 1. The van der Waals surface area contributed by atoms with Crippen LogP contribution in [-0.2, 0) is 17.8 Å². The van der Waals surface area contributed by atoms with Crippen molar-refractivity contribution in [1.82, 2.24) is 24.6 Å². The number of anilines is 1. The number of hydrogen-bond donors (Lipinski definition) is 1. The lowest BCUT2D eigenvalue weighted by molar-refractivity contribution is -0.132. The highest BCUT2D eigenvalue weighted by Gasteiger charge is 2.31. The topological polar surface area (TPSA) is 89.9 Å². The lowest BCUT2D eigenvalue weighted by atomic mass is 10.1. The fourth-order valence-corrected chi connectivity index (χ4v) is 3.70. The van der Waals surface area contributed by atoms with E-state index in [1.165, 1.54) is 0 Å². The Balaban J connectivity index is 1.61. The molecule has 4 rings (SSSR count). The standard InChI is InChI=1S/C19H22N6O/c1-2-18-21-13-6-3-4-7-15(13)25(18)12-19(26)24-11-5-8-16(24)14-9-10-17(20)23-22-14/h3-4,6-7,9-10,16H,2,5,8,11-12H2,1H3,(H2,20,23). The van der Waals surface area contributed by atoms with Crippen LogP contribution in [0.15, 0.2) is 36.4 Å². The van der Waals surface area contributed by atoms with Gasteiger partial charge >= 0.3 is 0 Å². The van der Waals surface area contributed by atoms with Gasteiger partial charge in [0.1, 0.15) is 18.2 Å². The molecule has 1 aromatic carbocycles. The number of aromatic nitrogens is 4. The van der Waals surface area contributed by atoms with Crippen LogP contribution in [0.2, 0.25) is 0 Å². The van der Waals surface area contributed by atoms with E-state index in [0.717, 1.165) is 48.4 Å². The molecule has 1 amide bonds. The maximum atomic E-state index is 13.1. The molecule has 0 bridgehead atoms. The number of carbonyl (C=O) groups excluding carboxylic acids is 1. The highest BCUT2D eigenvalue weighted by molar-refractivity contribution is 5.81. The van der Waals surface area contributed by atoms with E-state index in [4.69, 9.17) is 5.73 Å². The van der Waals surface area contributed by atoms with Crippen LogP contribution in [0.1, 0.15) is 37.3 Å². The maximum absolute atomic E-state index is 13.1. The molecule has 0 radical (unpaired) electrons. The molecule has 2 N–H and O–H groups in total. The molecule has 1 fully saturated rings. The Bertz CT molecular complexity index is 933. The third kappa shape index (κ3) is 2.89. The highest BCUT2D eigenvalue weighted by atomic mass is 16.2. The number of para-hydroxylation sites is 2. The van der Waals surface area contributed by atoms with E-state index in [1.807, 2.05) is 39.8 Å². The van der Waals surface area contributed by atoms with Gasteiger partial charge in [-0.05, 0) is 37.1 Å². The van der Waals surface area contributed by atoms with Crippen molar-refractivity contribution in [3.8, 4) is 0 Å². The van der Waals surface area contributed by atoms with E-state index in [2.05, 4.69) is 22.1 Å². The predicted molar refractivity (Wildman–Crippen MR) is 99.2 cm³/mol. The fourth-order valence-electron chi connectivity index (χ4n) is 3.70. The average Bonchev–Trinajstić information content (AvgIpc) is 3.27. The number of carbonyl (C=O) groups is 1. The molecule has 0 aliphatic carbocycles. The number of hydrogen-bond acceptors (Lipinski definition) is 5. The molecule has 1 aliphatic rings. The van der Waals surface area contributed by atoms with Gasteiger partial charge in [-0.3, -0.25) is 4.79 Å². The molecule has 1 saturated heterocycles. The van der Waals surface area contributed by atoms with Crippen LogP contribution in [0.4, 0.5) is 5.82 Å². The van der Waals surface area contributed by atoms with Gasteiger partial charge in [-0.15, -0.1) is 5.10 Å². The summed E-state index contributed by atoms with van der Waals surface area (Å²) in [4.78, 5) is 19.6. The number of imidazole rings is 1. The summed E-state index contributed by atoms with van der Waals surface area (Å²) in [5, 5.41) is 8.12. The monoisotopic (exact) mass is 350 g/mol. The Morgan fingerprint density at radius 2 is 2.08 bits per heavy atom. The maximum Gasteiger partial charge on any atom is 0.243 e. The van der Waals surface area contributed by atoms with Crippen molar-refractivity contribution in [1.29, 1.82) is 0 Å². The molecule has 0 saturated carbocycles. The highest BCUT2D eigenvalue weighted by Crippen LogP contribution is 2.31. The number of benzene rings is 1. The Kier molecular flexibility index (Phi) is 4.28. The van der Waals surface area contributed by atoms with Gasteiger partial charge in [0, 0.05) is 13.0 Å².